The Bertz CT molecular complexity index is 676. The number of aliphatic hydroxyl groups is 1. The number of aliphatic hydroxyl groups excluding tert-OH is 1. The number of nitrogens with one attached hydrogen (secondary N) is 1. The van der Waals surface area contributed by atoms with Gasteiger partial charge >= 0.3 is 0 Å². The van der Waals surface area contributed by atoms with Crippen molar-refractivity contribution in [1.82, 2.24) is 5.32 Å². The van der Waals surface area contributed by atoms with Crippen LogP contribution < -0.4 is 5.32 Å². The molecule has 0 fully saturated rings. The summed E-state index contributed by atoms with van der Waals surface area (Å²) in [6, 6.07) is 16.2. The molecule has 4 heteroatoms. The van der Waals surface area contributed by atoms with Crippen LogP contribution in [-0.2, 0) is 4.79 Å². The molecule has 0 aliphatic carbocycles. The molecule has 2 aromatic carbocycles. The summed E-state index contributed by atoms with van der Waals surface area (Å²) in [4.78, 5) is 23.8. The minimum absolute atomic E-state index is 0.0251. The molecule has 0 heterocycles. The SMILES string of the molecule is O=C(/C=C/c1ccc(C(=O)c2ccccc2)cc1)NCCCO. The second-order valence-corrected chi connectivity index (χ2v) is 5.02. The summed E-state index contributed by atoms with van der Waals surface area (Å²) in [7, 11) is 0. The highest BCUT2D eigenvalue weighted by atomic mass is 16.3. The van der Waals surface area contributed by atoms with Crippen molar-refractivity contribution in [3.8, 4) is 0 Å². The van der Waals surface area contributed by atoms with Gasteiger partial charge in [0, 0.05) is 30.4 Å². The third-order valence-electron chi connectivity index (χ3n) is 3.27. The molecule has 0 saturated heterocycles. The zero-order valence-corrected chi connectivity index (χ0v) is 12.7. The molecule has 0 spiro atoms. The molecule has 0 aromatic heterocycles. The smallest absolute Gasteiger partial charge is 0.244 e. The first-order chi connectivity index (χ1) is 11.2. The van der Waals surface area contributed by atoms with Gasteiger partial charge in [-0.1, -0.05) is 54.6 Å². The molecule has 2 N–H and O–H groups in total. The van der Waals surface area contributed by atoms with Crippen LogP contribution >= 0.6 is 0 Å². The Kier molecular flexibility index (Phi) is 6.27. The van der Waals surface area contributed by atoms with Crippen molar-refractivity contribution >= 4 is 17.8 Å². The van der Waals surface area contributed by atoms with Crippen LogP contribution in [0, 0.1) is 0 Å². The molecule has 4 nitrogen and oxygen atoms in total. The van der Waals surface area contributed by atoms with Crippen LogP contribution in [-0.4, -0.2) is 29.9 Å². The molecule has 0 radical (unpaired) electrons. The Morgan fingerprint density at radius 3 is 2.26 bits per heavy atom. The third kappa shape index (κ3) is 5.20. The predicted molar refractivity (Wildman–Crippen MR) is 90.1 cm³/mol. The normalized spacial score (nSPS) is 10.7. The maximum atomic E-state index is 12.3. The second kappa shape index (κ2) is 8.66. The van der Waals surface area contributed by atoms with Crippen LogP contribution in [0.5, 0.6) is 0 Å². The minimum Gasteiger partial charge on any atom is -0.396 e. The lowest BCUT2D eigenvalue weighted by atomic mass is 10.0. The summed E-state index contributed by atoms with van der Waals surface area (Å²) in [5.41, 5.74) is 2.10. The molecule has 23 heavy (non-hydrogen) atoms. The summed E-state index contributed by atoms with van der Waals surface area (Å²) in [5, 5.41) is 11.3. The molecule has 2 rings (SSSR count). The monoisotopic (exact) mass is 309 g/mol. The van der Waals surface area contributed by atoms with Gasteiger partial charge in [0.2, 0.25) is 5.91 Å². The van der Waals surface area contributed by atoms with E-state index in [0.717, 1.165) is 5.56 Å². The maximum absolute atomic E-state index is 12.3. The van der Waals surface area contributed by atoms with Crippen molar-refractivity contribution < 1.29 is 14.7 Å². The van der Waals surface area contributed by atoms with Gasteiger partial charge in [-0.2, -0.15) is 0 Å². The number of benzene rings is 2. The van der Waals surface area contributed by atoms with E-state index in [1.54, 1.807) is 42.5 Å². The summed E-state index contributed by atoms with van der Waals surface area (Å²) in [6.07, 6.45) is 3.66. The number of amides is 1. The Morgan fingerprint density at radius 2 is 1.61 bits per heavy atom. The molecule has 1 amide bonds. The van der Waals surface area contributed by atoms with E-state index in [1.165, 1.54) is 6.08 Å². The molecule has 0 bridgehead atoms. The van der Waals surface area contributed by atoms with Crippen molar-refractivity contribution in [1.29, 1.82) is 0 Å². The molecule has 0 aliphatic heterocycles. The summed E-state index contributed by atoms with van der Waals surface area (Å²) >= 11 is 0. The van der Waals surface area contributed by atoms with Gasteiger partial charge in [-0.25, -0.2) is 0 Å². The van der Waals surface area contributed by atoms with Crippen LogP contribution in [0.15, 0.2) is 60.7 Å². The summed E-state index contributed by atoms with van der Waals surface area (Å²) in [6.45, 7) is 0.505. The first-order valence-corrected chi connectivity index (χ1v) is 7.47. The minimum atomic E-state index is -0.206. The number of ketones is 1. The van der Waals surface area contributed by atoms with E-state index < -0.39 is 0 Å². The van der Waals surface area contributed by atoms with Crippen molar-refractivity contribution in [2.75, 3.05) is 13.2 Å². The highest BCUT2D eigenvalue weighted by Crippen LogP contribution is 2.11. The first-order valence-electron chi connectivity index (χ1n) is 7.47. The number of hydrogen-bond donors (Lipinski definition) is 2. The van der Waals surface area contributed by atoms with E-state index in [2.05, 4.69) is 5.32 Å². The fourth-order valence-corrected chi connectivity index (χ4v) is 2.02. The van der Waals surface area contributed by atoms with E-state index in [1.807, 2.05) is 18.2 Å². The molecular weight excluding hydrogens is 290 g/mol. The van der Waals surface area contributed by atoms with Crippen molar-refractivity contribution in [2.24, 2.45) is 0 Å². The summed E-state index contributed by atoms with van der Waals surface area (Å²) < 4.78 is 0. The number of carbonyl (C=O) groups is 2. The van der Waals surface area contributed by atoms with E-state index in [-0.39, 0.29) is 18.3 Å². The van der Waals surface area contributed by atoms with Crippen LogP contribution in [0.4, 0.5) is 0 Å². The molecule has 0 unspecified atom stereocenters. The van der Waals surface area contributed by atoms with Crippen LogP contribution in [0.1, 0.15) is 27.9 Å². The van der Waals surface area contributed by atoms with E-state index in [4.69, 9.17) is 5.11 Å². The lowest BCUT2D eigenvalue weighted by Crippen LogP contribution is -2.22. The van der Waals surface area contributed by atoms with Gasteiger partial charge in [-0.15, -0.1) is 0 Å². The molecule has 2 aromatic rings. The van der Waals surface area contributed by atoms with Crippen molar-refractivity contribution in [2.45, 2.75) is 6.42 Å². The zero-order valence-electron chi connectivity index (χ0n) is 12.7. The van der Waals surface area contributed by atoms with Crippen LogP contribution in [0.2, 0.25) is 0 Å². The van der Waals surface area contributed by atoms with Gasteiger partial charge in [0.05, 0.1) is 0 Å². The lowest BCUT2D eigenvalue weighted by Gasteiger charge is -2.02. The number of carbonyl (C=O) groups excluding carboxylic acids is 2. The van der Waals surface area contributed by atoms with E-state index in [0.29, 0.717) is 24.1 Å². The molecular formula is C19H19NO3. The van der Waals surface area contributed by atoms with Crippen molar-refractivity contribution in [3.63, 3.8) is 0 Å². The fraction of sp³-hybridized carbons (Fsp3) is 0.158. The average molecular weight is 309 g/mol. The Hall–Kier alpha value is -2.72. The summed E-state index contributed by atoms with van der Waals surface area (Å²) in [5.74, 6) is -0.231. The maximum Gasteiger partial charge on any atom is 0.244 e. The van der Waals surface area contributed by atoms with Gasteiger partial charge < -0.3 is 10.4 Å². The van der Waals surface area contributed by atoms with E-state index in [9.17, 15) is 9.59 Å². The predicted octanol–water partition coefficient (Wildman–Crippen LogP) is 2.43. The van der Waals surface area contributed by atoms with Gasteiger partial charge in [0.25, 0.3) is 0 Å². The molecule has 0 aliphatic rings. The standard InChI is InChI=1S/C19H19NO3/c21-14-4-13-20-18(22)12-9-15-7-10-17(11-8-15)19(23)16-5-2-1-3-6-16/h1-3,5-12,21H,4,13-14H2,(H,20,22)/b12-9+. The second-order valence-electron chi connectivity index (χ2n) is 5.02. The topological polar surface area (TPSA) is 66.4 Å². The van der Waals surface area contributed by atoms with Gasteiger partial charge in [0.1, 0.15) is 0 Å². The van der Waals surface area contributed by atoms with Gasteiger partial charge in [-0.3, -0.25) is 9.59 Å². The quantitative estimate of drug-likeness (QED) is 0.469. The molecule has 0 atom stereocenters. The lowest BCUT2D eigenvalue weighted by molar-refractivity contribution is -0.116. The van der Waals surface area contributed by atoms with E-state index >= 15 is 0 Å². The molecule has 118 valence electrons. The average Bonchev–Trinajstić information content (AvgIpc) is 2.61. The molecule has 0 saturated carbocycles. The Balaban J connectivity index is 1.97. The Morgan fingerprint density at radius 1 is 0.957 bits per heavy atom. The largest absolute Gasteiger partial charge is 0.396 e. The number of rotatable bonds is 7. The highest BCUT2D eigenvalue weighted by Gasteiger charge is 2.07. The first kappa shape index (κ1) is 16.6. The van der Waals surface area contributed by atoms with Crippen molar-refractivity contribution in [3.05, 3.63) is 77.4 Å². The third-order valence-corrected chi connectivity index (χ3v) is 3.27. The zero-order chi connectivity index (χ0) is 16.5. The number of hydrogen-bond acceptors (Lipinski definition) is 3. The Labute approximate surface area is 135 Å². The fourth-order valence-electron chi connectivity index (χ4n) is 2.02. The van der Waals surface area contributed by atoms with Gasteiger partial charge in [-0.05, 0) is 18.1 Å². The highest BCUT2D eigenvalue weighted by molar-refractivity contribution is 6.09. The van der Waals surface area contributed by atoms with Crippen LogP contribution in [0.25, 0.3) is 6.08 Å². The van der Waals surface area contributed by atoms with Gasteiger partial charge in [0.15, 0.2) is 5.78 Å². The van der Waals surface area contributed by atoms with Crippen LogP contribution in [0.3, 0.4) is 0 Å².